The van der Waals surface area contributed by atoms with E-state index in [1.807, 2.05) is 0 Å². The fraction of sp³-hybridized carbons (Fsp3) is 0.538. The van der Waals surface area contributed by atoms with E-state index < -0.39 is 33.1 Å². The van der Waals surface area contributed by atoms with Gasteiger partial charge in [-0.05, 0) is 25.0 Å². The van der Waals surface area contributed by atoms with Crippen molar-refractivity contribution in [3.63, 3.8) is 0 Å². The first-order valence-electron chi connectivity index (χ1n) is 6.77. The lowest BCUT2D eigenvalue weighted by Gasteiger charge is -2.31. The molecule has 1 N–H and O–H groups in total. The maximum Gasteiger partial charge on any atom is 0.405 e. The fourth-order valence-corrected chi connectivity index (χ4v) is 3.53. The highest BCUT2D eigenvalue weighted by molar-refractivity contribution is 7.89. The molecule has 0 saturated carbocycles. The van der Waals surface area contributed by atoms with Gasteiger partial charge in [-0.15, -0.1) is 0 Å². The van der Waals surface area contributed by atoms with Gasteiger partial charge in [0.1, 0.15) is 22.7 Å². The summed E-state index contributed by atoms with van der Waals surface area (Å²) in [6.45, 7) is 0.214. The molecule has 2 rings (SSSR count). The molecule has 10 heteroatoms. The minimum absolute atomic E-state index is 0.0306. The number of nitriles is 1. The van der Waals surface area contributed by atoms with Gasteiger partial charge in [-0.1, -0.05) is 0 Å². The van der Waals surface area contributed by atoms with Crippen LogP contribution in [0, 0.1) is 17.2 Å². The Labute approximate surface area is 131 Å². The van der Waals surface area contributed by atoms with Crippen molar-refractivity contribution in [1.82, 2.24) is 9.71 Å². The van der Waals surface area contributed by atoms with Crippen molar-refractivity contribution in [3.05, 3.63) is 24.0 Å². The number of aromatic nitrogens is 1. The predicted octanol–water partition coefficient (Wildman–Crippen LogP) is 1.59. The summed E-state index contributed by atoms with van der Waals surface area (Å²) in [5.41, 5.74) is -0.0306. The van der Waals surface area contributed by atoms with Gasteiger partial charge in [-0.2, -0.15) is 23.2 Å². The standard InChI is InChI=1S/C13H14F3N3O3S/c14-13(15,16)12(9-2-1-5-22-8-9)19-23(20,21)11-4-3-10(6-17)18-7-11/h3-4,7,9,12,19H,1-2,5,8H2. The summed E-state index contributed by atoms with van der Waals surface area (Å²) in [7, 11) is -4.41. The van der Waals surface area contributed by atoms with Crippen molar-refractivity contribution in [1.29, 1.82) is 5.26 Å². The number of hydrogen-bond acceptors (Lipinski definition) is 5. The molecular weight excluding hydrogens is 335 g/mol. The Morgan fingerprint density at radius 3 is 2.65 bits per heavy atom. The van der Waals surface area contributed by atoms with Gasteiger partial charge in [0.25, 0.3) is 0 Å². The lowest BCUT2D eigenvalue weighted by molar-refractivity contribution is -0.172. The van der Waals surface area contributed by atoms with E-state index in [9.17, 15) is 21.6 Å². The molecule has 23 heavy (non-hydrogen) atoms. The van der Waals surface area contributed by atoms with Crippen molar-refractivity contribution in [2.75, 3.05) is 13.2 Å². The molecule has 126 valence electrons. The Hall–Kier alpha value is -1.70. The molecule has 1 aliphatic rings. The molecule has 0 radical (unpaired) electrons. The second kappa shape index (κ2) is 6.82. The van der Waals surface area contributed by atoms with Gasteiger partial charge < -0.3 is 4.74 Å². The zero-order chi connectivity index (χ0) is 17.1. The van der Waals surface area contributed by atoms with Crippen LogP contribution in [-0.2, 0) is 14.8 Å². The number of rotatable bonds is 4. The molecule has 6 nitrogen and oxygen atoms in total. The second-order valence-electron chi connectivity index (χ2n) is 5.11. The van der Waals surface area contributed by atoms with Gasteiger partial charge in [0.05, 0.1) is 6.61 Å². The monoisotopic (exact) mass is 349 g/mol. The quantitative estimate of drug-likeness (QED) is 0.891. The molecule has 2 heterocycles. The maximum atomic E-state index is 13.2. The van der Waals surface area contributed by atoms with E-state index in [4.69, 9.17) is 10.00 Å². The van der Waals surface area contributed by atoms with Crippen molar-refractivity contribution in [2.45, 2.75) is 30.0 Å². The summed E-state index contributed by atoms with van der Waals surface area (Å²) in [5, 5.41) is 8.61. The first-order valence-corrected chi connectivity index (χ1v) is 8.25. The molecule has 0 amide bonds. The van der Waals surface area contributed by atoms with Crippen molar-refractivity contribution in [2.24, 2.45) is 5.92 Å². The van der Waals surface area contributed by atoms with Crippen LogP contribution in [0.2, 0.25) is 0 Å². The fourth-order valence-electron chi connectivity index (χ4n) is 2.30. The average Bonchev–Trinajstić information content (AvgIpc) is 2.52. The maximum absolute atomic E-state index is 13.2. The normalized spacial score (nSPS) is 20.7. The minimum atomic E-state index is -4.74. The molecule has 0 bridgehead atoms. The summed E-state index contributed by atoms with van der Waals surface area (Å²) in [6.07, 6.45) is -3.22. The van der Waals surface area contributed by atoms with Gasteiger partial charge in [0.2, 0.25) is 10.0 Å². The topological polar surface area (TPSA) is 92.1 Å². The molecule has 0 aromatic carbocycles. The van der Waals surface area contributed by atoms with E-state index in [0.717, 1.165) is 18.3 Å². The second-order valence-corrected chi connectivity index (χ2v) is 6.82. The van der Waals surface area contributed by atoms with Crippen LogP contribution in [0.25, 0.3) is 0 Å². The Balaban J connectivity index is 2.24. The van der Waals surface area contributed by atoms with E-state index in [0.29, 0.717) is 13.0 Å². The van der Waals surface area contributed by atoms with Gasteiger partial charge in [0, 0.05) is 18.7 Å². The molecule has 0 aliphatic carbocycles. The van der Waals surface area contributed by atoms with Crippen molar-refractivity contribution in [3.8, 4) is 6.07 Å². The third-order valence-electron chi connectivity index (χ3n) is 3.46. The Morgan fingerprint density at radius 1 is 1.43 bits per heavy atom. The van der Waals surface area contributed by atoms with Gasteiger partial charge in [0.15, 0.2) is 0 Å². The van der Waals surface area contributed by atoms with Crippen molar-refractivity contribution < 1.29 is 26.3 Å². The number of nitrogens with zero attached hydrogens (tertiary/aromatic N) is 2. The van der Waals surface area contributed by atoms with E-state index in [1.165, 1.54) is 0 Å². The Kier molecular flexibility index (Phi) is 5.23. The zero-order valence-electron chi connectivity index (χ0n) is 11.9. The van der Waals surface area contributed by atoms with Crippen LogP contribution in [0.4, 0.5) is 13.2 Å². The van der Waals surface area contributed by atoms with Crippen LogP contribution in [0.15, 0.2) is 23.2 Å². The smallest absolute Gasteiger partial charge is 0.381 e. The third kappa shape index (κ3) is 4.40. The molecule has 1 aliphatic heterocycles. The average molecular weight is 349 g/mol. The number of pyridine rings is 1. The Morgan fingerprint density at radius 2 is 2.17 bits per heavy atom. The molecule has 1 saturated heterocycles. The lowest BCUT2D eigenvalue weighted by atomic mass is 9.94. The summed E-state index contributed by atoms with van der Waals surface area (Å²) in [4.78, 5) is 3.13. The SMILES string of the molecule is N#Cc1ccc(S(=O)(=O)NC(C2CCCOC2)C(F)(F)F)cn1. The zero-order valence-corrected chi connectivity index (χ0v) is 12.7. The van der Waals surface area contributed by atoms with Crippen LogP contribution in [-0.4, -0.2) is 38.8 Å². The van der Waals surface area contributed by atoms with Crippen LogP contribution in [0.5, 0.6) is 0 Å². The van der Waals surface area contributed by atoms with E-state index in [2.05, 4.69) is 4.98 Å². The van der Waals surface area contributed by atoms with Gasteiger partial charge in [-0.25, -0.2) is 13.4 Å². The molecule has 2 atom stereocenters. The highest BCUT2D eigenvalue weighted by atomic mass is 32.2. The number of ether oxygens (including phenoxy) is 1. The summed E-state index contributed by atoms with van der Waals surface area (Å²) >= 11 is 0. The molecule has 1 aromatic rings. The number of hydrogen-bond donors (Lipinski definition) is 1. The summed E-state index contributed by atoms with van der Waals surface area (Å²) in [5.74, 6) is -0.982. The molecule has 0 spiro atoms. The largest absolute Gasteiger partial charge is 0.405 e. The highest BCUT2D eigenvalue weighted by Crippen LogP contribution is 2.31. The van der Waals surface area contributed by atoms with Crippen LogP contribution in [0.3, 0.4) is 0 Å². The van der Waals surface area contributed by atoms with Crippen LogP contribution < -0.4 is 4.72 Å². The third-order valence-corrected chi connectivity index (χ3v) is 4.89. The van der Waals surface area contributed by atoms with Crippen LogP contribution in [0.1, 0.15) is 18.5 Å². The number of alkyl halides is 3. The molecule has 2 unspecified atom stereocenters. The van der Waals surface area contributed by atoms with Crippen molar-refractivity contribution >= 4 is 10.0 Å². The minimum Gasteiger partial charge on any atom is -0.381 e. The highest BCUT2D eigenvalue weighted by Gasteiger charge is 2.47. The van der Waals surface area contributed by atoms with Crippen LogP contribution >= 0.6 is 0 Å². The summed E-state index contributed by atoms with van der Waals surface area (Å²) in [6, 6.07) is 1.63. The molecule has 1 fully saturated rings. The molecule has 1 aromatic heterocycles. The first kappa shape index (κ1) is 17.7. The predicted molar refractivity (Wildman–Crippen MR) is 72.7 cm³/mol. The Bertz CT molecular complexity index is 677. The van der Waals surface area contributed by atoms with Gasteiger partial charge >= 0.3 is 6.18 Å². The van der Waals surface area contributed by atoms with E-state index >= 15 is 0 Å². The first-order chi connectivity index (χ1) is 10.7. The lowest BCUT2D eigenvalue weighted by Crippen LogP contribution is -2.52. The number of halogens is 3. The number of sulfonamides is 1. The molecular formula is C13H14F3N3O3S. The summed E-state index contributed by atoms with van der Waals surface area (Å²) < 4.78 is 70.7. The van der Waals surface area contributed by atoms with E-state index in [-0.39, 0.29) is 18.7 Å². The number of nitrogens with one attached hydrogen (secondary N) is 1. The van der Waals surface area contributed by atoms with E-state index in [1.54, 1.807) is 10.8 Å². The van der Waals surface area contributed by atoms with Gasteiger partial charge in [-0.3, -0.25) is 0 Å².